The summed E-state index contributed by atoms with van der Waals surface area (Å²) in [5.41, 5.74) is 3.42. The van der Waals surface area contributed by atoms with E-state index in [-0.39, 0.29) is 5.91 Å². The molecule has 1 aliphatic rings. The smallest absolute Gasteiger partial charge is 0.254 e. The highest BCUT2D eigenvalue weighted by Crippen LogP contribution is 2.28. The molecule has 6 nitrogen and oxygen atoms in total. The quantitative estimate of drug-likeness (QED) is 0.366. The van der Waals surface area contributed by atoms with E-state index in [2.05, 4.69) is 28.2 Å². The van der Waals surface area contributed by atoms with Gasteiger partial charge in [0.25, 0.3) is 5.91 Å². The molecular formula is C27H33N3O3. The molecule has 2 aromatic carbocycles. The molecule has 1 unspecified atom stereocenters. The Bertz CT molecular complexity index is 1110. The second-order valence-corrected chi connectivity index (χ2v) is 8.90. The number of unbranched alkanes of at least 4 members (excludes halogenated alkanes) is 1. The van der Waals surface area contributed by atoms with Crippen LogP contribution >= 0.6 is 0 Å². The van der Waals surface area contributed by atoms with E-state index in [0.717, 1.165) is 49.9 Å². The Morgan fingerprint density at radius 3 is 2.91 bits per heavy atom. The summed E-state index contributed by atoms with van der Waals surface area (Å²) in [5.74, 6) is 0.799. The van der Waals surface area contributed by atoms with Gasteiger partial charge in [-0.3, -0.25) is 9.59 Å². The number of aldehydes is 1. The fourth-order valence-corrected chi connectivity index (χ4v) is 4.89. The number of H-pyrrole nitrogens is 1. The van der Waals surface area contributed by atoms with Crippen molar-refractivity contribution in [2.45, 2.75) is 38.1 Å². The minimum atomic E-state index is -0.0912. The summed E-state index contributed by atoms with van der Waals surface area (Å²) in [5, 5.41) is 1.25. The highest BCUT2D eigenvalue weighted by atomic mass is 16.5. The Balaban J connectivity index is 1.28. The molecule has 0 radical (unpaired) electrons. The monoisotopic (exact) mass is 447 g/mol. The number of aromatic amines is 1. The van der Waals surface area contributed by atoms with E-state index in [1.807, 2.05) is 13.1 Å². The Labute approximate surface area is 195 Å². The van der Waals surface area contributed by atoms with Crippen LogP contribution in [0.5, 0.6) is 5.75 Å². The average Bonchev–Trinajstić information content (AvgIpc) is 3.47. The number of fused-ring (bicyclic) bond motifs is 1. The number of rotatable bonds is 10. The van der Waals surface area contributed by atoms with Crippen LogP contribution in [0.4, 0.5) is 0 Å². The van der Waals surface area contributed by atoms with Gasteiger partial charge >= 0.3 is 0 Å². The van der Waals surface area contributed by atoms with Crippen molar-refractivity contribution in [3.05, 3.63) is 65.4 Å². The molecule has 0 bridgehead atoms. The largest absolute Gasteiger partial charge is 0.497 e. The van der Waals surface area contributed by atoms with Crippen molar-refractivity contribution >= 4 is 23.1 Å². The number of nitrogens with zero attached hydrogens (tertiary/aromatic N) is 2. The van der Waals surface area contributed by atoms with Crippen LogP contribution in [0.1, 0.15) is 52.0 Å². The first-order valence-electron chi connectivity index (χ1n) is 11.8. The van der Waals surface area contributed by atoms with Crippen molar-refractivity contribution in [1.29, 1.82) is 0 Å². The van der Waals surface area contributed by atoms with Crippen molar-refractivity contribution < 1.29 is 14.3 Å². The molecule has 4 rings (SSSR count). The lowest BCUT2D eigenvalue weighted by molar-refractivity contribution is 0.0788. The number of ether oxygens (including phenoxy) is 1. The lowest BCUT2D eigenvalue weighted by Crippen LogP contribution is -2.33. The molecule has 2 heterocycles. The molecule has 1 aromatic heterocycles. The second kappa shape index (κ2) is 10.7. The normalized spacial score (nSPS) is 16.2. The van der Waals surface area contributed by atoms with Crippen molar-refractivity contribution in [3.63, 3.8) is 0 Å². The molecule has 6 heteroatoms. The molecular weight excluding hydrogens is 414 g/mol. The standard InChI is InChI=1S/C27H33N3O3/c1-29(27(32)24-10-4-3-8-20(24)19-31)13-5-6-14-30-15-7-9-22(30)16-21-18-28-26-12-11-23(33-2)17-25(21)26/h3-4,8,10-12,17-19,22,28H,5-7,9,13-16H2,1-2H3. The van der Waals surface area contributed by atoms with Gasteiger partial charge < -0.3 is 19.5 Å². The van der Waals surface area contributed by atoms with E-state index in [1.165, 1.54) is 23.8 Å². The number of likely N-dealkylation sites (tertiary alicyclic amines) is 1. The van der Waals surface area contributed by atoms with Crippen LogP contribution in [-0.4, -0.2) is 66.8 Å². The summed E-state index contributed by atoms with van der Waals surface area (Å²) in [7, 11) is 3.52. The Morgan fingerprint density at radius 2 is 2.09 bits per heavy atom. The predicted molar refractivity (Wildman–Crippen MR) is 131 cm³/mol. The van der Waals surface area contributed by atoms with Gasteiger partial charge in [0.2, 0.25) is 0 Å². The van der Waals surface area contributed by atoms with Gasteiger partial charge in [-0.25, -0.2) is 0 Å². The van der Waals surface area contributed by atoms with E-state index in [9.17, 15) is 9.59 Å². The minimum Gasteiger partial charge on any atom is -0.497 e. The Morgan fingerprint density at radius 1 is 1.24 bits per heavy atom. The number of benzene rings is 2. The van der Waals surface area contributed by atoms with Crippen LogP contribution in [0.2, 0.25) is 0 Å². The van der Waals surface area contributed by atoms with Gasteiger partial charge in [0.15, 0.2) is 6.29 Å². The first-order valence-corrected chi connectivity index (χ1v) is 11.8. The molecule has 1 N–H and O–H groups in total. The number of hydrogen-bond donors (Lipinski definition) is 1. The summed E-state index contributed by atoms with van der Waals surface area (Å²) in [6.45, 7) is 2.87. The van der Waals surface area contributed by atoms with Crippen molar-refractivity contribution in [2.75, 3.05) is 33.8 Å². The van der Waals surface area contributed by atoms with E-state index >= 15 is 0 Å². The van der Waals surface area contributed by atoms with Crippen LogP contribution in [0, 0.1) is 0 Å². The fourth-order valence-electron chi connectivity index (χ4n) is 4.89. The van der Waals surface area contributed by atoms with E-state index in [0.29, 0.717) is 23.7 Å². The molecule has 3 aromatic rings. The molecule has 33 heavy (non-hydrogen) atoms. The van der Waals surface area contributed by atoms with Gasteiger partial charge in [0.05, 0.1) is 12.7 Å². The number of nitrogens with one attached hydrogen (secondary N) is 1. The molecule has 0 aliphatic carbocycles. The number of amides is 1. The highest BCUT2D eigenvalue weighted by Gasteiger charge is 2.25. The summed E-state index contributed by atoms with van der Waals surface area (Å²) < 4.78 is 5.41. The lowest BCUT2D eigenvalue weighted by atomic mass is 10.0. The first kappa shape index (κ1) is 23.1. The third-order valence-corrected chi connectivity index (χ3v) is 6.78. The van der Waals surface area contributed by atoms with Gasteiger partial charge in [-0.15, -0.1) is 0 Å². The topological polar surface area (TPSA) is 65.6 Å². The van der Waals surface area contributed by atoms with Gasteiger partial charge in [-0.2, -0.15) is 0 Å². The number of hydrogen-bond acceptors (Lipinski definition) is 4. The Hall–Kier alpha value is -3.12. The maximum atomic E-state index is 12.7. The maximum Gasteiger partial charge on any atom is 0.254 e. The van der Waals surface area contributed by atoms with Crippen molar-refractivity contribution in [3.8, 4) is 5.75 Å². The van der Waals surface area contributed by atoms with Crippen LogP contribution in [0.15, 0.2) is 48.7 Å². The summed E-state index contributed by atoms with van der Waals surface area (Å²) >= 11 is 0. The number of carbonyl (C=O) groups excluding carboxylic acids is 2. The molecule has 1 amide bonds. The number of carbonyl (C=O) groups is 2. The van der Waals surface area contributed by atoms with E-state index in [1.54, 1.807) is 36.3 Å². The van der Waals surface area contributed by atoms with Crippen molar-refractivity contribution in [2.24, 2.45) is 0 Å². The van der Waals surface area contributed by atoms with Crippen LogP contribution in [-0.2, 0) is 6.42 Å². The van der Waals surface area contributed by atoms with Crippen molar-refractivity contribution in [1.82, 2.24) is 14.8 Å². The molecule has 0 spiro atoms. The third-order valence-electron chi connectivity index (χ3n) is 6.78. The first-order chi connectivity index (χ1) is 16.1. The summed E-state index contributed by atoms with van der Waals surface area (Å²) in [4.78, 5) is 31.6. The molecule has 1 saturated heterocycles. The predicted octanol–water partition coefficient (Wildman–Crippen LogP) is 4.55. The van der Waals surface area contributed by atoms with Gasteiger partial charge in [0.1, 0.15) is 5.75 Å². The van der Waals surface area contributed by atoms with E-state index in [4.69, 9.17) is 4.74 Å². The third kappa shape index (κ3) is 5.28. The van der Waals surface area contributed by atoms with Gasteiger partial charge in [0, 0.05) is 42.3 Å². The molecule has 1 atom stereocenters. The molecule has 174 valence electrons. The zero-order valence-corrected chi connectivity index (χ0v) is 19.5. The molecule has 0 saturated carbocycles. The SMILES string of the molecule is COc1ccc2[nH]cc(CC3CCCN3CCCCN(C)C(=O)c3ccccc3C=O)c2c1. The average molecular weight is 448 g/mol. The zero-order valence-electron chi connectivity index (χ0n) is 19.5. The minimum absolute atomic E-state index is 0.0912. The second-order valence-electron chi connectivity index (χ2n) is 8.90. The zero-order chi connectivity index (χ0) is 23.2. The van der Waals surface area contributed by atoms with Gasteiger partial charge in [-0.05, 0) is 75.0 Å². The Kier molecular flexibility index (Phi) is 7.45. The fraction of sp³-hybridized carbons (Fsp3) is 0.407. The highest BCUT2D eigenvalue weighted by molar-refractivity contribution is 6.01. The number of methoxy groups -OCH3 is 1. The van der Waals surface area contributed by atoms with Gasteiger partial charge in [-0.1, -0.05) is 18.2 Å². The van der Waals surface area contributed by atoms with Crippen LogP contribution in [0.25, 0.3) is 10.9 Å². The van der Waals surface area contributed by atoms with E-state index < -0.39 is 0 Å². The maximum absolute atomic E-state index is 12.7. The summed E-state index contributed by atoms with van der Waals surface area (Å²) in [6, 6.07) is 13.7. The number of aromatic nitrogens is 1. The lowest BCUT2D eigenvalue weighted by Gasteiger charge is -2.25. The van der Waals surface area contributed by atoms with Crippen LogP contribution in [0.3, 0.4) is 0 Å². The molecule has 1 aliphatic heterocycles. The molecule has 1 fully saturated rings. The summed E-state index contributed by atoms with van der Waals surface area (Å²) in [6.07, 6.45) is 8.36. The van der Waals surface area contributed by atoms with Crippen LogP contribution < -0.4 is 4.74 Å².